The number of fused-ring (bicyclic) bond motifs is 1. The molecule has 1 aromatic carbocycles. The Morgan fingerprint density at radius 1 is 1.10 bits per heavy atom. The van der Waals surface area contributed by atoms with Crippen molar-refractivity contribution in [3.8, 4) is 0 Å². The van der Waals surface area contributed by atoms with Gasteiger partial charge in [-0.1, -0.05) is 6.42 Å². The van der Waals surface area contributed by atoms with Crippen LogP contribution < -0.4 is 16.6 Å². The highest BCUT2D eigenvalue weighted by atomic mass is 16.5. The van der Waals surface area contributed by atoms with Crippen LogP contribution in [0.3, 0.4) is 0 Å². The molecule has 3 rings (SSSR count). The van der Waals surface area contributed by atoms with E-state index in [1.165, 1.54) is 38.2 Å². The van der Waals surface area contributed by atoms with Crippen LogP contribution in [0.25, 0.3) is 10.9 Å². The van der Waals surface area contributed by atoms with E-state index in [0.717, 1.165) is 30.6 Å². The largest absolute Gasteiger partial charge is 0.465 e. The molecule has 1 saturated heterocycles. The molecule has 0 radical (unpaired) electrons. The Hall–Kier alpha value is -2.94. The summed E-state index contributed by atoms with van der Waals surface area (Å²) in [6.07, 6.45) is 5.00. The normalized spacial score (nSPS) is 14.1. The quantitative estimate of drug-likeness (QED) is 0.433. The number of benzene rings is 1. The molecule has 2 heterocycles. The zero-order chi connectivity index (χ0) is 22.2. The number of carbonyl (C=O) groups is 2. The van der Waals surface area contributed by atoms with E-state index in [0.29, 0.717) is 36.7 Å². The number of methoxy groups -OCH3 is 1. The molecule has 0 spiro atoms. The van der Waals surface area contributed by atoms with Crippen molar-refractivity contribution in [2.45, 2.75) is 45.1 Å². The van der Waals surface area contributed by atoms with Crippen molar-refractivity contribution < 1.29 is 14.3 Å². The van der Waals surface area contributed by atoms with Gasteiger partial charge < -0.3 is 19.9 Å². The topological polar surface area (TPSA) is 114 Å². The first-order valence-electron chi connectivity index (χ1n) is 10.8. The maximum Gasteiger partial charge on any atom is 0.337 e. The van der Waals surface area contributed by atoms with E-state index in [9.17, 15) is 19.2 Å². The third-order valence-corrected chi connectivity index (χ3v) is 5.64. The summed E-state index contributed by atoms with van der Waals surface area (Å²) in [6.45, 7) is 4.10. The highest BCUT2D eigenvalue weighted by Crippen LogP contribution is 2.10. The van der Waals surface area contributed by atoms with Crippen LogP contribution in [0.1, 0.15) is 48.9 Å². The molecule has 9 nitrogen and oxygen atoms in total. The van der Waals surface area contributed by atoms with Crippen LogP contribution in [-0.2, 0) is 16.1 Å². The molecular formula is C22H30N4O5. The van der Waals surface area contributed by atoms with Crippen LogP contribution in [0.2, 0.25) is 0 Å². The highest BCUT2D eigenvalue weighted by Gasteiger charge is 2.12. The van der Waals surface area contributed by atoms with Crippen LogP contribution in [0.15, 0.2) is 27.8 Å². The number of amides is 1. The Kier molecular flexibility index (Phi) is 8.00. The molecule has 1 aliphatic rings. The molecule has 1 aromatic heterocycles. The zero-order valence-electron chi connectivity index (χ0n) is 17.9. The number of carbonyl (C=O) groups excluding carboxylic acids is 2. The van der Waals surface area contributed by atoms with Gasteiger partial charge in [0, 0.05) is 26.1 Å². The number of esters is 1. The van der Waals surface area contributed by atoms with Crippen LogP contribution in [-0.4, -0.2) is 59.6 Å². The summed E-state index contributed by atoms with van der Waals surface area (Å²) in [6, 6.07) is 4.46. The molecule has 2 aromatic rings. The highest BCUT2D eigenvalue weighted by molar-refractivity contribution is 5.93. The first-order valence-corrected chi connectivity index (χ1v) is 10.8. The van der Waals surface area contributed by atoms with E-state index in [-0.39, 0.29) is 18.0 Å². The Balaban J connectivity index is 1.46. The number of nitrogens with one attached hydrogen (secondary N) is 2. The summed E-state index contributed by atoms with van der Waals surface area (Å²) in [4.78, 5) is 53.6. The lowest BCUT2D eigenvalue weighted by atomic mass is 10.1. The number of likely N-dealkylation sites (tertiary alicyclic amines) is 1. The van der Waals surface area contributed by atoms with Gasteiger partial charge in [-0.3, -0.25) is 14.2 Å². The SMILES string of the molecule is COC(=O)c1ccc2c(=O)n(CCCCCC(=O)NCCN3CCCC3)c(=O)[nH]c2c1. The number of hydrogen-bond donors (Lipinski definition) is 2. The van der Waals surface area contributed by atoms with Crippen molar-refractivity contribution in [3.63, 3.8) is 0 Å². The Bertz CT molecular complexity index is 1040. The minimum Gasteiger partial charge on any atom is -0.465 e. The molecule has 0 bridgehead atoms. The van der Waals surface area contributed by atoms with Crippen LogP contribution in [0, 0.1) is 0 Å². The number of aromatic amines is 1. The molecule has 9 heteroatoms. The van der Waals surface area contributed by atoms with Crippen molar-refractivity contribution in [3.05, 3.63) is 44.6 Å². The van der Waals surface area contributed by atoms with Gasteiger partial charge in [0.2, 0.25) is 5.91 Å². The number of ether oxygens (including phenoxy) is 1. The van der Waals surface area contributed by atoms with Crippen molar-refractivity contribution >= 4 is 22.8 Å². The second kappa shape index (κ2) is 10.9. The van der Waals surface area contributed by atoms with Gasteiger partial charge in [0.25, 0.3) is 5.56 Å². The third kappa shape index (κ3) is 6.04. The molecule has 0 unspecified atom stereocenters. The molecule has 31 heavy (non-hydrogen) atoms. The van der Waals surface area contributed by atoms with E-state index in [1.54, 1.807) is 0 Å². The maximum absolute atomic E-state index is 12.7. The minimum absolute atomic E-state index is 0.0429. The smallest absolute Gasteiger partial charge is 0.337 e. The van der Waals surface area contributed by atoms with E-state index < -0.39 is 17.2 Å². The van der Waals surface area contributed by atoms with Gasteiger partial charge >= 0.3 is 11.7 Å². The molecule has 1 amide bonds. The number of H-pyrrole nitrogens is 1. The van der Waals surface area contributed by atoms with Gasteiger partial charge in [-0.2, -0.15) is 0 Å². The predicted octanol–water partition coefficient (Wildman–Crippen LogP) is 1.25. The second-order valence-electron chi connectivity index (χ2n) is 7.85. The first-order chi connectivity index (χ1) is 15.0. The fourth-order valence-corrected chi connectivity index (χ4v) is 3.88. The van der Waals surface area contributed by atoms with Crippen LogP contribution >= 0.6 is 0 Å². The van der Waals surface area contributed by atoms with Gasteiger partial charge in [0.1, 0.15) is 0 Å². The zero-order valence-corrected chi connectivity index (χ0v) is 17.9. The Labute approximate surface area is 180 Å². The lowest BCUT2D eigenvalue weighted by Gasteiger charge is -2.14. The fourth-order valence-electron chi connectivity index (χ4n) is 3.88. The molecule has 0 saturated carbocycles. The summed E-state index contributed by atoms with van der Waals surface area (Å²) in [5.41, 5.74) is -0.338. The van der Waals surface area contributed by atoms with Crippen LogP contribution in [0.5, 0.6) is 0 Å². The van der Waals surface area contributed by atoms with E-state index >= 15 is 0 Å². The van der Waals surface area contributed by atoms with Gasteiger partial charge in [-0.25, -0.2) is 9.59 Å². The molecular weight excluding hydrogens is 400 g/mol. The molecule has 1 fully saturated rings. The van der Waals surface area contributed by atoms with E-state index in [2.05, 4.69) is 19.9 Å². The number of rotatable bonds is 10. The molecule has 0 atom stereocenters. The summed E-state index contributed by atoms with van der Waals surface area (Å²) in [7, 11) is 1.27. The lowest BCUT2D eigenvalue weighted by molar-refractivity contribution is -0.121. The Morgan fingerprint density at radius 2 is 1.87 bits per heavy atom. The van der Waals surface area contributed by atoms with E-state index in [4.69, 9.17) is 0 Å². The van der Waals surface area contributed by atoms with Crippen molar-refractivity contribution in [1.29, 1.82) is 0 Å². The van der Waals surface area contributed by atoms with Crippen molar-refractivity contribution in [2.75, 3.05) is 33.3 Å². The molecule has 1 aliphatic heterocycles. The first kappa shape index (κ1) is 22.7. The van der Waals surface area contributed by atoms with Gasteiger partial charge in [0.15, 0.2) is 0 Å². The maximum atomic E-state index is 12.7. The van der Waals surface area contributed by atoms with Gasteiger partial charge in [-0.05, 0) is 57.0 Å². The van der Waals surface area contributed by atoms with Crippen LogP contribution in [0.4, 0.5) is 0 Å². The minimum atomic E-state index is -0.535. The third-order valence-electron chi connectivity index (χ3n) is 5.64. The molecule has 2 N–H and O–H groups in total. The van der Waals surface area contributed by atoms with Crippen molar-refractivity contribution in [2.24, 2.45) is 0 Å². The molecule has 168 valence electrons. The summed E-state index contributed by atoms with van der Waals surface area (Å²) < 4.78 is 5.83. The van der Waals surface area contributed by atoms with Gasteiger partial charge in [0.05, 0.1) is 23.6 Å². The van der Waals surface area contributed by atoms with Crippen molar-refractivity contribution in [1.82, 2.24) is 19.8 Å². The fraction of sp³-hybridized carbons (Fsp3) is 0.545. The number of unbranched alkanes of at least 4 members (excludes halogenated alkanes) is 2. The average Bonchev–Trinajstić information content (AvgIpc) is 3.28. The number of hydrogen-bond acceptors (Lipinski definition) is 6. The Morgan fingerprint density at radius 3 is 2.61 bits per heavy atom. The van der Waals surface area contributed by atoms with Gasteiger partial charge in [-0.15, -0.1) is 0 Å². The predicted molar refractivity (Wildman–Crippen MR) is 117 cm³/mol. The monoisotopic (exact) mass is 430 g/mol. The molecule has 0 aliphatic carbocycles. The number of aromatic nitrogens is 2. The summed E-state index contributed by atoms with van der Waals surface area (Å²) in [5, 5.41) is 3.29. The standard InChI is InChI=1S/C22H30N4O5/c1-31-21(29)16-8-9-17-18(15-16)24-22(30)26(20(17)28)13-4-2-3-7-19(27)23-10-14-25-11-5-6-12-25/h8-9,15H,2-7,10-14H2,1H3,(H,23,27)(H,24,30). The summed E-state index contributed by atoms with van der Waals surface area (Å²) in [5.74, 6) is -0.492. The number of nitrogens with zero attached hydrogens (tertiary/aromatic N) is 2. The second-order valence-corrected chi connectivity index (χ2v) is 7.85. The average molecular weight is 431 g/mol. The van der Waals surface area contributed by atoms with E-state index in [1.807, 2.05) is 0 Å². The lowest BCUT2D eigenvalue weighted by Crippen LogP contribution is -2.35. The summed E-state index contributed by atoms with van der Waals surface area (Å²) >= 11 is 0.